The van der Waals surface area contributed by atoms with Crippen LogP contribution in [0.2, 0.25) is 0 Å². The second kappa shape index (κ2) is 8.57. The number of hydrogen-bond acceptors (Lipinski definition) is 4. The molecule has 7 heteroatoms. The van der Waals surface area contributed by atoms with Gasteiger partial charge in [-0.1, -0.05) is 0 Å². The molecule has 2 rings (SSSR count). The zero-order valence-corrected chi connectivity index (χ0v) is 13.9. The standard InChI is InChI=1S/C16H27N5O2/c1-12-15(19-11-22)9-14(10-18-12)20-16(23)17-6-3-13-4-7-21(2)8-5-13/h9-13,18H,3-8H2,1-2H3,(H,19,22)(H2,17,20,23). The van der Waals surface area contributed by atoms with Crippen LogP contribution in [-0.2, 0) is 4.79 Å². The third-order valence-corrected chi connectivity index (χ3v) is 4.43. The lowest BCUT2D eigenvalue weighted by Gasteiger charge is -2.28. The first kappa shape index (κ1) is 17.3. The van der Waals surface area contributed by atoms with Crippen LogP contribution in [0.1, 0.15) is 26.2 Å². The van der Waals surface area contributed by atoms with Gasteiger partial charge in [0.1, 0.15) is 0 Å². The first-order chi connectivity index (χ1) is 11.1. The quantitative estimate of drug-likeness (QED) is 0.536. The summed E-state index contributed by atoms with van der Waals surface area (Å²) in [5, 5.41) is 11.4. The van der Waals surface area contributed by atoms with E-state index in [2.05, 4.69) is 33.2 Å². The second-order valence-electron chi connectivity index (χ2n) is 6.27. The van der Waals surface area contributed by atoms with Gasteiger partial charge in [0.05, 0.1) is 11.7 Å². The lowest BCUT2D eigenvalue weighted by Crippen LogP contribution is -2.40. The van der Waals surface area contributed by atoms with Crippen molar-refractivity contribution in [2.45, 2.75) is 32.2 Å². The van der Waals surface area contributed by atoms with Gasteiger partial charge >= 0.3 is 6.03 Å². The molecule has 1 fully saturated rings. The monoisotopic (exact) mass is 321 g/mol. The summed E-state index contributed by atoms with van der Waals surface area (Å²) in [7, 11) is 2.15. The number of likely N-dealkylation sites (tertiary alicyclic amines) is 1. The SMILES string of the molecule is CC1NC=C(NC(=O)NCCC2CCN(C)CC2)C=C1NC=O. The molecular weight excluding hydrogens is 294 g/mol. The van der Waals surface area contributed by atoms with Crippen molar-refractivity contribution in [1.82, 2.24) is 26.2 Å². The van der Waals surface area contributed by atoms with Crippen molar-refractivity contribution in [3.05, 3.63) is 23.7 Å². The molecule has 4 N–H and O–H groups in total. The molecule has 0 aromatic carbocycles. The molecule has 2 aliphatic rings. The van der Waals surface area contributed by atoms with Gasteiger partial charge in [-0.05, 0) is 58.3 Å². The van der Waals surface area contributed by atoms with E-state index in [1.165, 1.54) is 12.8 Å². The molecule has 3 amide bonds. The average Bonchev–Trinajstić information content (AvgIpc) is 2.53. The van der Waals surface area contributed by atoms with Crippen LogP contribution < -0.4 is 21.3 Å². The molecule has 1 unspecified atom stereocenters. The van der Waals surface area contributed by atoms with Gasteiger partial charge in [0, 0.05) is 18.4 Å². The van der Waals surface area contributed by atoms with Crippen LogP contribution in [-0.4, -0.2) is 50.1 Å². The van der Waals surface area contributed by atoms with Crippen LogP contribution >= 0.6 is 0 Å². The van der Waals surface area contributed by atoms with Gasteiger partial charge < -0.3 is 26.2 Å². The Labute approximate surface area is 137 Å². The normalized spacial score (nSPS) is 22.4. The maximum absolute atomic E-state index is 11.9. The van der Waals surface area contributed by atoms with Gasteiger partial charge in [0.25, 0.3) is 0 Å². The molecule has 0 spiro atoms. The van der Waals surface area contributed by atoms with E-state index >= 15 is 0 Å². The first-order valence-corrected chi connectivity index (χ1v) is 8.20. The smallest absolute Gasteiger partial charge is 0.319 e. The number of hydrogen-bond donors (Lipinski definition) is 4. The number of carbonyl (C=O) groups excluding carboxylic acids is 2. The summed E-state index contributed by atoms with van der Waals surface area (Å²) in [5.74, 6) is 0.700. The van der Waals surface area contributed by atoms with Crippen LogP contribution in [0.4, 0.5) is 4.79 Å². The van der Waals surface area contributed by atoms with Crippen LogP contribution in [0.3, 0.4) is 0 Å². The van der Waals surface area contributed by atoms with Gasteiger partial charge in [-0.15, -0.1) is 0 Å². The molecular formula is C16H27N5O2. The van der Waals surface area contributed by atoms with Crippen LogP contribution in [0, 0.1) is 5.92 Å². The molecule has 0 aromatic rings. The molecule has 1 saturated heterocycles. The van der Waals surface area contributed by atoms with Crippen molar-refractivity contribution in [1.29, 1.82) is 0 Å². The lowest BCUT2D eigenvalue weighted by atomic mass is 9.94. The summed E-state index contributed by atoms with van der Waals surface area (Å²) in [4.78, 5) is 24.8. The molecule has 128 valence electrons. The number of piperidine rings is 1. The second-order valence-corrected chi connectivity index (χ2v) is 6.27. The van der Waals surface area contributed by atoms with Gasteiger partial charge in [0.2, 0.25) is 6.41 Å². The minimum absolute atomic E-state index is 0.0123. The fraction of sp³-hybridized carbons (Fsp3) is 0.625. The minimum atomic E-state index is -0.220. The van der Waals surface area contributed by atoms with Crippen LogP contribution in [0.5, 0.6) is 0 Å². The highest BCUT2D eigenvalue weighted by molar-refractivity contribution is 5.76. The Bertz CT molecular complexity index is 481. The highest BCUT2D eigenvalue weighted by atomic mass is 16.2. The molecule has 1 atom stereocenters. The highest BCUT2D eigenvalue weighted by Crippen LogP contribution is 2.18. The van der Waals surface area contributed by atoms with E-state index in [0.29, 0.717) is 24.6 Å². The predicted octanol–water partition coefficient (Wildman–Crippen LogP) is 0.481. The Morgan fingerprint density at radius 1 is 1.43 bits per heavy atom. The van der Waals surface area contributed by atoms with Gasteiger partial charge in [-0.2, -0.15) is 0 Å². The average molecular weight is 321 g/mol. The Morgan fingerprint density at radius 3 is 2.87 bits per heavy atom. The molecule has 0 aromatic heterocycles. The van der Waals surface area contributed by atoms with E-state index in [1.807, 2.05) is 6.92 Å². The topological polar surface area (TPSA) is 85.5 Å². The van der Waals surface area contributed by atoms with Crippen molar-refractivity contribution in [2.75, 3.05) is 26.7 Å². The third kappa shape index (κ3) is 5.59. The minimum Gasteiger partial charge on any atom is -0.381 e. The number of urea groups is 1. The zero-order valence-electron chi connectivity index (χ0n) is 13.9. The summed E-state index contributed by atoms with van der Waals surface area (Å²) >= 11 is 0. The largest absolute Gasteiger partial charge is 0.381 e. The molecule has 0 aliphatic carbocycles. The Morgan fingerprint density at radius 2 is 2.17 bits per heavy atom. The van der Waals surface area contributed by atoms with E-state index < -0.39 is 0 Å². The maximum atomic E-state index is 11.9. The van der Waals surface area contributed by atoms with Gasteiger partial charge in [-0.25, -0.2) is 4.79 Å². The molecule has 0 radical (unpaired) electrons. The molecule has 2 aliphatic heterocycles. The predicted molar refractivity (Wildman–Crippen MR) is 89.3 cm³/mol. The van der Waals surface area contributed by atoms with Crippen LogP contribution in [0.25, 0.3) is 0 Å². The van der Waals surface area contributed by atoms with E-state index in [0.717, 1.165) is 25.2 Å². The molecule has 0 saturated carbocycles. The van der Waals surface area contributed by atoms with Crippen molar-refractivity contribution >= 4 is 12.4 Å². The Kier molecular flexibility index (Phi) is 6.46. The Hall–Kier alpha value is -2.02. The summed E-state index contributed by atoms with van der Waals surface area (Å²) < 4.78 is 0. The fourth-order valence-electron chi connectivity index (χ4n) is 2.86. The molecule has 0 bridgehead atoms. The Balaban J connectivity index is 1.69. The summed E-state index contributed by atoms with van der Waals surface area (Å²) in [6, 6.07) is -0.208. The fourth-order valence-corrected chi connectivity index (χ4v) is 2.86. The van der Waals surface area contributed by atoms with Crippen molar-refractivity contribution in [3.8, 4) is 0 Å². The zero-order chi connectivity index (χ0) is 16.7. The molecule has 2 heterocycles. The van der Waals surface area contributed by atoms with E-state index in [9.17, 15) is 9.59 Å². The molecule has 7 nitrogen and oxygen atoms in total. The lowest BCUT2D eigenvalue weighted by molar-refractivity contribution is -0.109. The number of allylic oxidation sites excluding steroid dienone is 1. The van der Waals surface area contributed by atoms with Gasteiger partial charge in [-0.3, -0.25) is 4.79 Å². The van der Waals surface area contributed by atoms with E-state index in [-0.39, 0.29) is 12.1 Å². The van der Waals surface area contributed by atoms with Crippen molar-refractivity contribution < 1.29 is 9.59 Å². The number of carbonyl (C=O) groups is 2. The number of dihydropyridines is 1. The number of amides is 3. The van der Waals surface area contributed by atoms with Crippen LogP contribution in [0.15, 0.2) is 23.7 Å². The highest BCUT2D eigenvalue weighted by Gasteiger charge is 2.17. The summed E-state index contributed by atoms with van der Waals surface area (Å²) in [6.45, 7) is 4.90. The summed E-state index contributed by atoms with van der Waals surface area (Å²) in [5.41, 5.74) is 1.35. The first-order valence-electron chi connectivity index (χ1n) is 8.20. The van der Waals surface area contributed by atoms with Crippen molar-refractivity contribution in [3.63, 3.8) is 0 Å². The number of rotatable bonds is 6. The van der Waals surface area contributed by atoms with E-state index in [1.54, 1.807) is 12.3 Å². The number of nitrogens with one attached hydrogen (secondary N) is 4. The molecule has 23 heavy (non-hydrogen) atoms. The maximum Gasteiger partial charge on any atom is 0.319 e. The number of nitrogens with zero attached hydrogens (tertiary/aromatic N) is 1. The van der Waals surface area contributed by atoms with E-state index in [4.69, 9.17) is 0 Å². The van der Waals surface area contributed by atoms with Crippen molar-refractivity contribution in [2.24, 2.45) is 5.92 Å². The third-order valence-electron chi connectivity index (χ3n) is 4.43. The van der Waals surface area contributed by atoms with Gasteiger partial charge in [0.15, 0.2) is 0 Å². The summed E-state index contributed by atoms with van der Waals surface area (Å²) in [6.07, 6.45) is 7.55.